The smallest absolute Gasteiger partial charge is 0.164 e. The summed E-state index contributed by atoms with van der Waals surface area (Å²) in [5, 5.41) is 24.6. The first-order valence-corrected chi connectivity index (χ1v) is 10.7. The maximum absolute atomic E-state index is 9.85. The van der Waals surface area contributed by atoms with Crippen molar-refractivity contribution in [2.75, 3.05) is 32.0 Å². The van der Waals surface area contributed by atoms with Crippen LogP contribution >= 0.6 is 11.6 Å². The van der Waals surface area contributed by atoms with E-state index in [0.29, 0.717) is 59.4 Å². The van der Waals surface area contributed by atoms with Gasteiger partial charge in [0.25, 0.3) is 0 Å². The minimum atomic E-state index is -0.290. The van der Waals surface area contributed by atoms with E-state index in [0.717, 1.165) is 16.8 Å². The zero-order valence-electron chi connectivity index (χ0n) is 18.1. The van der Waals surface area contributed by atoms with E-state index in [-0.39, 0.29) is 12.0 Å². The van der Waals surface area contributed by atoms with E-state index in [2.05, 4.69) is 27.2 Å². The quantitative estimate of drug-likeness (QED) is 0.566. The molecule has 3 heterocycles. The van der Waals surface area contributed by atoms with Crippen molar-refractivity contribution in [1.82, 2.24) is 24.6 Å². The molecule has 1 fully saturated rings. The highest BCUT2D eigenvalue weighted by atomic mass is 35.5. The molecular formula is C22H23ClN8O. The number of nitrogens with two attached hydrogens (primary N) is 1. The summed E-state index contributed by atoms with van der Waals surface area (Å²) < 4.78 is 7.90. The van der Waals surface area contributed by atoms with Crippen molar-refractivity contribution < 1.29 is 4.74 Å². The molecule has 164 valence electrons. The number of nitrogen functional groups attached to an aromatic ring is 1. The van der Waals surface area contributed by atoms with Crippen LogP contribution in [0.3, 0.4) is 0 Å². The average Bonchev–Trinajstić information content (AvgIpc) is 3.08. The van der Waals surface area contributed by atoms with Gasteiger partial charge in [-0.05, 0) is 26.8 Å². The molecule has 32 heavy (non-hydrogen) atoms. The molecule has 2 N–H and O–H groups in total. The number of aromatic nitrogens is 4. The molecule has 1 saturated heterocycles. The van der Waals surface area contributed by atoms with Crippen LogP contribution in [-0.4, -0.2) is 50.9 Å². The molecule has 4 rings (SSSR count). The van der Waals surface area contributed by atoms with Gasteiger partial charge in [0.15, 0.2) is 5.65 Å². The second-order valence-corrected chi connectivity index (χ2v) is 8.23. The van der Waals surface area contributed by atoms with Crippen LogP contribution < -0.4 is 10.5 Å². The Balaban J connectivity index is 1.87. The lowest BCUT2D eigenvalue weighted by Crippen LogP contribution is -2.45. The number of rotatable bonds is 6. The number of aryl methyl sites for hydroxylation is 1. The van der Waals surface area contributed by atoms with Crippen LogP contribution in [0.1, 0.15) is 48.2 Å². The molecule has 0 bridgehead atoms. The highest BCUT2D eigenvalue weighted by Crippen LogP contribution is 2.44. The topological polar surface area (TPSA) is 130 Å². The van der Waals surface area contributed by atoms with Gasteiger partial charge in [0.05, 0.1) is 46.9 Å². The number of fused-ring (bicyclic) bond motifs is 1. The first kappa shape index (κ1) is 21.8. The Hall–Kier alpha value is -3.40. The predicted molar refractivity (Wildman–Crippen MR) is 120 cm³/mol. The molecule has 0 aliphatic carbocycles. The molecule has 10 heteroatoms. The van der Waals surface area contributed by atoms with Crippen LogP contribution in [0.25, 0.3) is 11.0 Å². The molecule has 1 aliphatic rings. The van der Waals surface area contributed by atoms with Gasteiger partial charge in [0.2, 0.25) is 0 Å². The lowest BCUT2D eigenvalue weighted by atomic mass is 9.85. The van der Waals surface area contributed by atoms with Crippen LogP contribution in [0.2, 0.25) is 5.02 Å². The summed E-state index contributed by atoms with van der Waals surface area (Å²) in [6.45, 7) is 7.88. The highest BCUT2D eigenvalue weighted by Gasteiger charge is 2.35. The van der Waals surface area contributed by atoms with Crippen LogP contribution in [0.15, 0.2) is 12.4 Å². The zero-order chi connectivity index (χ0) is 23.0. The minimum Gasteiger partial charge on any atom is -0.493 e. The standard InChI is InChI=1S/C22H23ClN8O/c1-4-32-20-15(13(3)31-22-18(12(2)29-31)21(26)27-11-28-22)7-17(23)16(8-25)19(20)14-9-30(10-14)6-5-24/h7,11,13-14H,4,6,9-10H2,1-3H3,(H2,26,27,28)/t13-/m0/s1. The molecule has 1 aromatic carbocycles. The van der Waals surface area contributed by atoms with E-state index in [4.69, 9.17) is 27.3 Å². The van der Waals surface area contributed by atoms with Crippen LogP contribution in [-0.2, 0) is 0 Å². The molecule has 0 unspecified atom stereocenters. The van der Waals surface area contributed by atoms with Crippen molar-refractivity contribution in [2.24, 2.45) is 0 Å². The highest BCUT2D eigenvalue weighted by molar-refractivity contribution is 6.32. The fourth-order valence-electron chi connectivity index (χ4n) is 4.34. The minimum absolute atomic E-state index is 0.0540. The summed E-state index contributed by atoms with van der Waals surface area (Å²) in [4.78, 5) is 10.5. The summed E-state index contributed by atoms with van der Waals surface area (Å²) in [5.74, 6) is 1.07. The summed E-state index contributed by atoms with van der Waals surface area (Å²) in [5.41, 5.74) is 9.43. The van der Waals surface area contributed by atoms with Gasteiger partial charge in [-0.2, -0.15) is 15.6 Å². The first-order valence-electron chi connectivity index (χ1n) is 10.3. The van der Waals surface area contributed by atoms with Gasteiger partial charge >= 0.3 is 0 Å². The Kier molecular flexibility index (Phi) is 5.88. The maximum atomic E-state index is 9.85. The Labute approximate surface area is 191 Å². The van der Waals surface area contributed by atoms with Crippen molar-refractivity contribution in [3.05, 3.63) is 39.8 Å². The van der Waals surface area contributed by atoms with Gasteiger partial charge in [-0.15, -0.1) is 0 Å². The molecule has 9 nitrogen and oxygen atoms in total. The fourth-order valence-corrected chi connectivity index (χ4v) is 4.60. The van der Waals surface area contributed by atoms with Crippen LogP contribution in [0.5, 0.6) is 5.75 Å². The molecule has 2 aromatic heterocycles. The number of nitrogens with zero attached hydrogens (tertiary/aromatic N) is 7. The number of hydrogen-bond donors (Lipinski definition) is 1. The Bertz CT molecular complexity index is 1270. The molecule has 1 aliphatic heterocycles. The number of likely N-dealkylation sites (tertiary alicyclic amines) is 1. The first-order chi connectivity index (χ1) is 15.4. The number of nitriles is 2. The van der Waals surface area contributed by atoms with Crippen LogP contribution in [0.4, 0.5) is 5.82 Å². The summed E-state index contributed by atoms with van der Waals surface area (Å²) >= 11 is 6.59. The van der Waals surface area contributed by atoms with E-state index in [1.165, 1.54) is 6.33 Å². The number of benzene rings is 1. The fraction of sp³-hybridized carbons (Fsp3) is 0.409. The van der Waals surface area contributed by atoms with E-state index in [1.807, 2.05) is 25.7 Å². The maximum Gasteiger partial charge on any atom is 0.164 e. The molecule has 0 saturated carbocycles. The van der Waals surface area contributed by atoms with Gasteiger partial charge in [-0.25, -0.2) is 14.6 Å². The lowest BCUT2D eigenvalue weighted by Gasteiger charge is -2.39. The Morgan fingerprint density at radius 2 is 2.09 bits per heavy atom. The molecule has 0 spiro atoms. The molecule has 1 atom stereocenters. The number of ether oxygens (including phenoxy) is 1. The molecular weight excluding hydrogens is 428 g/mol. The third kappa shape index (κ3) is 3.50. The average molecular weight is 451 g/mol. The van der Waals surface area contributed by atoms with E-state index < -0.39 is 0 Å². The molecule has 3 aromatic rings. The molecule has 0 amide bonds. The third-order valence-corrected chi connectivity index (χ3v) is 6.17. The number of hydrogen-bond acceptors (Lipinski definition) is 8. The van der Waals surface area contributed by atoms with Gasteiger partial charge < -0.3 is 10.5 Å². The summed E-state index contributed by atoms with van der Waals surface area (Å²) in [6.07, 6.45) is 1.42. The predicted octanol–water partition coefficient (Wildman–Crippen LogP) is 3.17. The second-order valence-electron chi connectivity index (χ2n) is 7.82. The summed E-state index contributed by atoms with van der Waals surface area (Å²) in [6, 6.07) is 5.90. The van der Waals surface area contributed by atoms with Crippen molar-refractivity contribution >= 4 is 28.5 Å². The van der Waals surface area contributed by atoms with Gasteiger partial charge in [-0.1, -0.05) is 11.6 Å². The normalized spacial score (nSPS) is 15.2. The van der Waals surface area contributed by atoms with Gasteiger partial charge in [0.1, 0.15) is 24.0 Å². The molecule has 0 radical (unpaired) electrons. The second kappa shape index (κ2) is 8.62. The van der Waals surface area contributed by atoms with Crippen molar-refractivity contribution in [3.63, 3.8) is 0 Å². The monoisotopic (exact) mass is 450 g/mol. The number of halogens is 1. The summed E-state index contributed by atoms with van der Waals surface area (Å²) in [7, 11) is 0. The van der Waals surface area contributed by atoms with Crippen LogP contribution in [0, 0.1) is 29.6 Å². The van der Waals surface area contributed by atoms with Crippen molar-refractivity contribution in [1.29, 1.82) is 10.5 Å². The Morgan fingerprint density at radius 3 is 2.75 bits per heavy atom. The van der Waals surface area contributed by atoms with Gasteiger partial charge in [-0.3, -0.25) is 4.90 Å². The number of anilines is 1. The lowest BCUT2D eigenvalue weighted by molar-refractivity contribution is 0.165. The van der Waals surface area contributed by atoms with E-state index in [1.54, 1.807) is 10.7 Å². The van der Waals surface area contributed by atoms with Crippen molar-refractivity contribution in [3.8, 4) is 17.9 Å². The van der Waals surface area contributed by atoms with E-state index in [9.17, 15) is 5.26 Å². The third-order valence-electron chi connectivity index (χ3n) is 5.87. The van der Waals surface area contributed by atoms with E-state index >= 15 is 0 Å². The SMILES string of the molecule is CCOc1c([C@H](C)n2nc(C)c3c(N)ncnc32)cc(Cl)c(C#N)c1C1CN(CC#N)C1. The Morgan fingerprint density at radius 1 is 1.34 bits per heavy atom. The van der Waals surface area contributed by atoms with Gasteiger partial charge in [0, 0.05) is 30.1 Å². The van der Waals surface area contributed by atoms with Crippen molar-refractivity contribution in [2.45, 2.75) is 32.7 Å². The largest absolute Gasteiger partial charge is 0.493 e. The zero-order valence-corrected chi connectivity index (χ0v) is 18.9.